The SMILES string of the molecule is C[C@]1(NC(=O)O[C@@H]2CO[C@H](c3cc(NC(=O)Cc4cc(F)cc(F)c4)n[nH]3)C2)CCOC1. The van der Waals surface area contributed by atoms with Crippen LogP contribution in [0.5, 0.6) is 0 Å². The fraction of sp³-hybridized carbons (Fsp3) is 0.476. The van der Waals surface area contributed by atoms with E-state index in [1.807, 2.05) is 6.92 Å². The van der Waals surface area contributed by atoms with Crippen molar-refractivity contribution in [2.75, 3.05) is 25.1 Å². The van der Waals surface area contributed by atoms with Crippen LogP contribution >= 0.6 is 0 Å². The Morgan fingerprint density at radius 2 is 2.06 bits per heavy atom. The van der Waals surface area contributed by atoms with E-state index < -0.39 is 35.3 Å². The first-order chi connectivity index (χ1) is 15.3. The molecule has 2 aliphatic heterocycles. The molecule has 0 aliphatic carbocycles. The third kappa shape index (κ3) is 5.60. The van der Waals surface area contributed by atoms with Crippen LogP contribution in [-0.2, 0) is 25.4 Å². The molecule has 3 heterocycles. The molecule has 2 saturated heterocycles. The summed E-state index contributed by atoms with van der Waals surface area (Å²) in [5.41, 5.74) is 0.398. The largest absolute Gasteiger partial charge is 0.444 e. The first-order valence-electron chi connectivity index (χ1n) is 10.3. The van der Waals surface area contributed by atoms with Crippen LogP contribution in [0.1, 0.15) is 37.1 Å². The number of nitrogens with zero attached hydrogens (tertiary/aromatic N) is 1. The van der Waals surface area contributed by atoms with Crippen LogP contribution in [0.3, 0.4) is 0 Å². The van der Waals surface area contributed by atoms with Crippen molar-refractivity contribution in [2.24, 2.45) is 0 Å². The van der Waals surface area contributed by atoms with Gasteiger partial charge in [-0.05, 0) is 31.0 Å². The lowest BCUT2D eigenvalue weighted by Gasteiger charge is -2.24. The number of aromatic amines is 1. The van der Waals surface area contributed by atoms with E-state index in [2.05, 4.69) is 20.8 Å². The van der Waals surface area contributed by atoms with Gasteiger partial charge in [0, 0.05) is 25.2 Å². The van der Waals surface area contributed by atoms with E-state index >= 15 is 0 Å². The van der Waals surface area contributed by atoms with E-state index in [0.717, 1.165) is 24.6 Å². The van der Waals surface area contributed by atoms with Crippen LogP contribution in [0.25, 0.3) is 0 Å². The maximum atomic E-state index is 13.3. The molecule has 0 spiro atoms. The highest BCUT2D eigenvalue weighted by molar-refractivity contribution is 5.91. The Balaban J connectivity index is 1.26. The van der Waals surface area contributed by atoms with Crippen LogP contribution in [0, 0.1) is 11.6 Å². The number of anilines is 1. The number of carbonyl (C=O) groups is 2. The highest BCUT2D eigenvalue weighted by atomic mass is 19.1. The zero-order valence-electron chi connectivity index (χ0n) is 17.5. The van der Waals surface area contributed by atoms with E-state index in [9.17, 15) is 18.4 Å². The number of nitrogens with one attached hydrogen (secondary N) is 3. The molecule has 11 heteroatoms. The predicted octanol–water partition coefficient (Wildman–Crippen LogP) is 2.60. The van der Waals surface area contributed by atoms with Gasteiger partial charge in [-0.15, -0.1) is 0 Å². The van der Waals surface area contributed by atoms with Crippen molar-refractivity contribution in [3.05, 3.63) is 47.2 Å². The van der Waals surface area contributed by atoms with Crippen molar-refractivity contribution in [2.45, 2.75) is 43.9 Å². The van der Waals surface area contributed by atoms with E-state index in [0.29, 0.717) is 25.3 Å². The highest BCUT2D eigenvalue weighted by Gasteiger charge is 2.35. The van der Waals surface area contributed by atoms with Gasteiger partial charge in [-0.25, -0.2) is 13.6 Å². The number of H-pyrrole nitrogens is 1. The molecule has 1 aromatic carbocycles. The molecule has 0 saturated carbocycles. The zero-order valence-corrected chi connectivity index (χ0v) is 17.5. The third-order valence-electron chi connectivity index (χ3n) is 5.36. The summed E-state index contributed by atoms with van der Waals surface area (Å²) in [6, 6.07) is 4.55. The number of hydrogen-bond acceptors (Lipinski definition) is 6. The monoisotopic (exact) mass is 450 g/mol. The van der Waals surface area contributed by atoms with Gasteiger partial charge in [0.25, 0.3) is 0 Å². The molecule has 172 valence electrons. The summed E-state index contributed by atoms with van der Waals surface area (Å²) in [5.74, 6) is -1.71. The lowest BCUT2D eigenvalue weighted by Crippen LogP contribution is -2.47. The molecule has 0 unspecified atom stereocenters. The fourth-order valence-electron chi connectivity index (χ4n) is 3.74. The van der Waals surface area contributed by atoms with Crippen molar-refractivity contribution < 1.29 is 32.6 Å². The van der Waals surface area contributed by atoms with Crippen molar-refractivity contribution in [1.29, 1.82) is 0 Å². The second-order valence-electron chi connectivity index (χ2n) is 8.28. The van der Waals surface area contributed by atoms with Crippen molar-refractivity contribution in [3.63, 3.8) is 0 Å². The first-order valence-corrected chi connectivity index (χ1v) is 10.3. The number of rotatable bonds is 6. The summed E-state index contributed by atoms with van der Waals surface area (Å²) in [7, 11) is 0. The van der Waals surface area contributed by atoms with Gasteiger partial charge in [-0.1, -0.05) is 0 Å². The standard InChI is InChI=1S/C21H24F2N4O5/c1-21(2-3-30-11-21)25-20(29)32-15-8-17(31-10-15)16-9-18(27-26-16)24-19(28)6-12-4-13(22)7-14(23)5-12/h4-5,7,9,15,17H,2-3,6,8,10-11H2,1H3,(H,25,29)(H2,24,26,27,28)/t15-,17-,21-/m0/s1. The average Bonchev–Trinajstić information content (AvgIpc) is 3.42. The third-order valence-corrected chi connectivity index (χ3v) is 5.36. The fourth-order valence-corrected chi connectivity index (χ4v) is 3.74. The van der Waals surface area contributed by atoms with Gasteiger partial charge >= 0.3 is 6.09 Å². The summed E-state index contributed by atoms with van der Waals surface area (Å²) in [4.78, 5) is 24.3. The molecule has 3 N–H and O–H groups in total. The number of ether oxygens (including phenoxy) is 3. The number of carbonyl (C=O) groups excluding carboxylic acids is 2. The Morgan fingerprint density at radius 3 is 2.78 bits per heavy atom. The number of amides is 2. The summed E-state index contributed by atoms with van der Waals surface area (Å²) >= 11 is 0. The van der Waals surface area contributed by atoms with Crippen LogP contribution in [0.4, 0.5) is 19.4 Å². The lowest BCUT2D eigenvalue weighted by molar-refractivity contribution is -0.115. The van der Waals surface area contributed by atoms with E-state index in [1.165, 1.54) is 0 Å². The Kier molecular flexibility index (Phi) is 6.38. The number of aromatic nitrogens is 2. The molecular formula is C21H24F2N4O5. The van der Waals surface area contributed by atoms with Gasteiger partial charge < -0.3 is 24.8 Å². The smallest absolute Gasteiger partial charge is 0.407 e. The van der Waals surface area contributed by atoms with Crippen molar-refractivity contribution >= 4 is 17.8 Å². The number of hydrogen-bond donors (Lipinski definition) is 3. The topological polar surface area (TPSA) is 115 Å². The number of benzene rings is 1. The molecule has 0 radical (unpaired) electrons. The van der Waals surface area contributed by atoms with Crippen LogP contribution in [-0.4, -0.2) is 53.7 Å². The second-order valence-corrected chi connectivity index (χ2v) is 8.28. The van der Waals surface area contributed by atoms with Crippen LogP contribution in [0.2, 0.25) is 0 Å². The summed E-state index contributed by atoms with van der Waals surface area (Å²) in [5, 5.41) is 12.2. The van der Waals surface area contributed by atoms with Gasteiger partial charge in [-0.2, -0.15) is 5.10 Å². The molecule has 2 aromatic rings. The molecule has 1 aromatic heterocycles. The lowest BCUT2D eigenvalue weighted by atomic mass is 10.0. The molecule has 2 aliphatic rings. The van der Waals surface area contributed by atoms with Gasteiger partial charge in [0.15, 0.2) is 5.82 Å². The number of alkyl carbamates (subject to hydrolysis) is 1. The summed E-state index contributed by atoms with van der Waals surface area (Å²) < 4.78 is 43.0. The van der Waals surface area contributed by atoms with E-state index in [-0.39, 0.29) is 30.5 Å². The minimum Gasteiger partial charge on any atom is -0.444 e. The Labute approximate surface area is 182 Å². The minimum atomic E-state index is -0.746. The Bertz CT molecular complexity index is 972. The molecule has 32 heavy (non-hydrogen) atoms. The van der Waals surface area contributed by atoms with Gasteiger partial charge in [0.2, 0.25) is 5.91 Å². The zero-order chi connectivity index (χ0) is 22.7. The normalized spacial score (nSPS) is 25.0. The molecule has 0 bridgehead atoms. The Hall–Kier alpha value is -3.05. The van der Waals surface area contributed by atoms with Crippen molar-refractivity contribution in [1.82, 2.24) is 15.5 Å². The molecule has 4 rings (SSSR count). The Morgan fingerprint density at radius 1 is 1.28 bits per heavy atom. The summed E-state index contributed by atoms with van der Waals surface area (Å²) in [6.45, 7) is 3.18. The van der Waals surface area contributed by atoms with E-state index in [1.54, 1.807) is 6.07 Å². The van der Waals surface area contributed by atoms with Crippen LogP contribution < -0.4 is 10.6 Å². The van der Waals surface area contributed by atoms with E-state index in [4.69, 9.17) is 14.2 Å². The molecule has 3 atom stereocenters. The molecule has 2 fully saturated rings. The molecule has 9 nitrogen and oxygen atoms in total. The van der Waals surface area contributed by atoms with Crippen LogP contribution in [0.15, 0.2) is 24.3 Å². The maximum absolute atomic E-state index is 13.3. The van der Waals surface area contributed by atoms with Gasteiger partial charge in [0.1, 0.15) is 23.8 Å². The second kappa shape index (κ2) is 9.21. The predicted molar refractivity (Wildman–Crippen MR) is 108 cm³/mol. The van der Waals surface area contributed by atoms with Gasteiger partial charge in [0.05, 0.1) is 30.9 Å². The molecular weight excluding hydrogens is 426 g/mol. The average molecular weight is 450 g/mol. The van der Waals surface area contributed by atoms with Gasteiger partial charge in [-0.3, -0.25) is 9.89 Å². The quantitative estimate of drug-likeness (QED) is 0.623. The maximum Gasteiger partial charge on any atom is 0.407 e. The number of halogens is 2. The summed E-state index contributed by atoms with van der Waals surface area (Å²) in [6.07, 6.45) is -0.366. The first kappa shape index (κ1) is 22.2. The molecule has 2 amide bonds. The minimum absolute atomic E-state index is 0.203. The van der Waals surface area contributed by atoms with Crippen molar-refractivity contribution in [3.8, 4) is 0 Å². The highest BCUT2D eigenvalue weighted by Crippen LogP contribution is 2.30.